The van der Waals surface area contributed by atoms with Gasteiger partial charge >= 0.3 is 0 Å². The molecule has 0 atom stereocenters. The Morgan fingerprint density at radius 2 is 2.05 bits per heavy atom. The van der Waals surface area contributed by atoms with Gasteiger partial charge in [-0.25, -0.2) is 9.37 Å². The molecule has 3 rings (SSSR count). The van der Waals surface area contributed by atoms with E-state index in [1.54, 1.807) is 6.07 Å². The quantitative estimate of drug-likeness (QED) is 0.914. The van der Waals surface area contributed by atoms with Crippen LogP contribution in [-0.2, 0) is 13.1 Å². The molecule has 2 heterocycles. The Hall–Kier alpha value is -1.46. The molecule has 19 heavy (non-hydrogen) atoms. The Labute approximate surface area is 111 Å². The Morgan fingerprint density at radius 1 is 1.26 bits per heavy atom. The molecule has 1 aliphatic heterocycles. The van der Waals surface area contributed by atoms with Crippen LogP contribution in [0, 0.1) is 5.82 Å². The molecule has 2 aromatic rings. The number of aromatic nitrogens is 2. The lowest BCUT2D eigenvalue weighted by molar-refractivity contribution is 0.268. The summed E-state index contributed by atoms with van der Waals surface area (Å²) >= 11 is 0. The van der Waals surface area contributed by atoms with E-state index < -0.39 is 0 Å². The highest BCUT2D eigenvalue weighted by molar-refractivity contribution is 5.76. The molecule has 1 aromatic carbocycles. The minimum atomic E-state index is -0.270. The highest BCUT2D eigenvalue weighted by atomic mass is 19.1. The van der Waals surface area contributed by atoms with Gasteiger partial charge in [0.15, 0.2) is 0 Å². The van der Waals surface area contributed by atoms with Crippen molar-refractivity contribution in [3.8, 4) is 0 Å². The van der Waals surface area contributed by atoms with E-state index in [1.807, 2.05) is 4.57 Å². The number of benzene rings is 1. The molecule has 4 nitrogen and oxygen atoms in total. The highest BCUT2D eigenvalue weighted by Gasteiger charge is 2.17. The summed E-state index contributed by atoms with van der Waals surface area (Å²) in [6.07, 6.45) is 2.46. The lowest BCUT2D eigenvalue weighted by Crippen LogP contribution is -2.21. The van der Waals surface area contributed by atoms with Crippen LogP contribution in [0.1, 0.15) is 18.7 Å². The van der Waals surface area contributed by atoms with Crippen LogP contribution >= 0.6 is 0 Å². The van der Waals surface area contributed by atoms with Gasteiger partial charge in [-0.3, -0.25) is 4.90 Å². The molecule has 102 valence electrons. The Balaban J connectivity index is 1.98. The highest BCUT2D eigenvalue weighted by Crippen LogP contribution is 2.20. The zero-order valence-electron chi connectivity index (χ0n) is 10.8. The van der Waals surface area contributed by atoms with Gasteiger partial charge in [-0.05, 0) is 38.1 Å². The monoisotopic (exact) mass is 263 g/mol. The second-order valence-electron chi connectivity index (χ2n) is 5.02. The van der Waals surface area contributed by atoms with E-state index in [0.717, 1.165) is 31.0 Å². The van der Waals surface area contributed by atoms with Gasteiger partial charge < -0.3 is 9.67 Å². The summed E-state index contributed by atoms with van der Waals surface area (Å²) in [7, 11) is 0. The molecule has 1 aliphatic rings. The van der Waals surface area contributed by atoms with Crippen molar-refractivity contribution in [1.82, 2.24) is 14.5 Å². The summed E-state index contributed by atoms with van der Waals surface area (Å²) in [4.78, 5) is 6.88. The van der Waals surface area contributed by atoms with Crippen LogP contribution < -0.4 is 0 Å². The largest absolute Gasteiger partial charge is 0.395 e. The number of hydrogen-bond donors (Lipinski definition) is 1. The second-order valence-corrected chi connectivity index (χ2v) is 5.02. The van der Waals surface area contributed by atoms with Crippen LogP contribution in [0.5, 0.6) is 0 Å². The topological polar surface area (TPSA) is 41.3 Å². The average molecular weight is 263 g/mol. The van der Waals surface area contributed by atoms with E-state index >= 15 is 0 Å². The molecule has 5 heteroatoms. The Morgan fingerprint density at radius 3 is 2.79 bits per heavy atom. The van der Waals surface area contributed by atoms with E-state index in [1.165, 1.54) is 25.0 Å². The van der Waals surface area contributed by atoms with Crippen molar-refractivity contribution in [1.29, 1.82) is 0 Å². The summed E-state index contributed by atoms with van der Waals surface area (Å²) in [6, 6.07) is 4.63. The number of fused-ring (bicyclic) bond motifs is 1. The Bertz CT molecular complexity index is 575. The van der Waals surface area contributed by atoms with Gasteiger partial charge in [0.1, 0.15) is 11.6 Å². The molecule has 0 spiro atoms. The van der Waals surface area contributed by atoms with E-state index in [-0.39, 0.29) is 12.4 Å². The maximum Gasteiger partial charge on any atom is 0.125 e. The van der Waals surface area contributed by atoms with Crippen molar-refractivity contribution in [2.24, 2.45) is 0 Å². The minimum Gasteiger partial charge on any atom is -0.395 e. The van der Waals surface area contributed by atoms with Gasteiger partial charge in [0.05, 0.1) is 24.2 Å². The van der Waals surface area contributed by atoms with Crippen LogP contribution in [0.3, 0.4) is 0 Å². The van der Waals surface area contributed by atoms with Gasteiger partial charge in [0.2, 0.25) is 0 Å². The van der Waals surface area contributed by atoms with Crippen molar-refractivity contribution in [3.63, 3.8) is 0 Å². The molecule has 1 aromatic heterocycles. The lowest BCUT2D eigenvalue weighted by Gasteiger charge is -2.15. The molecular formula is C14H18FN3O. The standard InChI is InChI=1S/C14H18FN3O/c15-11-3-4-13-12(9-11)16-14(18(13)7-8-19)10-17-5-1-2-6-17/h3-4,9,19H,1-2,5-8,10H2. The molecule has 0 saturated carbocycles. The first-order valence-electron chi connectivity index (χ1n) is 6.76. The summed E-state index contributed by atoms with van der Waals surface area (Å²) in [5, 5.41) is 9.20. The predicted octanol–water partition coefficient (Wildman–Crippen LogP) is 1.76. The van der Waals surface area contributed by atoms with Crippen molar-refractivity contribution < 1.29 is 9.50 Å². The second kappa shape index (κ2) is 5.27. The van der Waals surface area contributed by atoms with Crippen LogP contribution in [-0.4, -0.2) is 39.3 Å². The number of halogens is 1. The molecule has 0 radical (unpaired) electrons. The third-order valence-electron chi connectivity index (χ3n) is 3.68. The molecule has 0 unspecified atom stereocenters. The van der Waals surface area contributed by atoms with Gasteiger partial charge in [0, 0.05) is 12.6 Å². The summed E-state index contributed by atoms with van der Waals surface area (Å²) in [6.45, 7) is 3.53. The van der Waals surface area contributed by atoms with Crippen LogP contribution in [0.25, 0.3) is 11.0 Å². The van der Waals surface area contributed by atoms with E-state index in [4.69, 9.17) is 0 Å². The van der Waals surface area contributed by atoms with E-state index in [2.05, 4.69) is 9.88 Å². The first-order chi connectivity index (χ1) is 9.28. The van der Waals surface area contributed by atoms with Gasteiger partial charge in [-0.15, -0.1) is 0 Å². The van der Waals surface area contributed by atoms with Gasteiger partial charge in [0.25, 0.3) is 0 Å². The summed E-state index contributed by atoms with van der Waals surface area (Å²) in [5.41, 5.74) is 1.56. The molecule has 0 bridgehead atoms. The van der Waals surface area contributed by atoms with Crippen molar-refractivity contribution in [3.05, 3.63) is 29.8 Å². The number of aliphatic hydroxyl groups excluding tert-OH is 1. The fraction of sp³-hybridized carbons (Fsp3) is 0.500. The summed E-state index contributed by atoms with van der Waals surface area (Å²) in [5.74, 6) is 0.644. The van der Waals surface area contributed by atoms with Crippen molar-refractivity contribution in [2.75, 3.05) is 19.7 Å². The zero-order valence-corrected chi connectivity index (χ0v) is 10.8. The first kappa shape index (κ1) is 12.6. The van der Waals surface area contributed by atoms with Crippen LogP contribution in [0.15, 0.2) is 18.2 Å². The van der Waals surface area contributed by atoms with Gasteiger partial charge in [-0.1, -0.05) is 0 Å². The fourth-order valence-electron chi connectivity index (χ4n) is 2.76. The molecular weight excluding hydrogens is 245 g/mol. The summed E-state index contributed by atoms with van der Waals surface area (Å²) < 4.78 is 15.3. The lowest BCUT2D eigenvalue weighted by atomic mass is 10.3. The Kier molecular flexibility index (Phi) is 3.48. The molecule has 1 saturated heterocycles. The average Bonchev–Trinajstić information content (AvgIpc) is 2.99. The van der Waals surface area contributed by atoms with E-state index in [9.17, 15) is 9.50 Å². The molecule has 0 aliphatic carbocycles. The third-order valence-corrected chi connectivity index (χ3v) is 3.68. The number of hydrogen-bond acceptors (Lipinski definition) is 3. The SMILES string of the molecule is OCCn1c(CN2CCCC2)nc2cc(F)ccc21. The smallest absolute Gasteiger partial charge is 0.125 e. The molecule has 1 N–H and O–H groups in total. The maximum absolute atomic E-state index is 13.3. The molecule has 1 fully saturated rings. The number of aliphatic hydroxyl groups is 1. The number of likely N-dealkylation sites (tertiary alicyclic amines) is 1. The zero-order chi connectivity index (χ0) is 13.2. The molecule has 0 amide bonds. The van der Waals surface area contributed by atoms with Gasteiger partial charge in [-0.2, -0.15) is 0 Å². The first-order valence-corrected chi connectivity index (χ1v) is 6.76. The van der Waals surface area contributed by atoms with Crippen LogP contribution in [0.2, 0.25) is 0 Å². The van der Waals surface area contributed by atoms with Crippen LogP contribution in [0.4, 0.5) is 4.39 Å². The third kappa shape index (κ3) is 2.48. The maximum atomic E-state index is 13.3. The number of nitrogens with zero attached hydrogens (tertiary/aromatic N) is 3. The van der Waals surface area contributed by atoms with Crippen molar-refractivity contribution in [2.45, 2.75) is 25.9 Å². The number of rotatable bonds is 4. The van der Waals surface area contributed by atoms with Crippen molar-refractivity contribution >= 4 is 11.0 Å². The fourth-order valence-corrected chi connectivity index (χ4v) is 2.76. The minimum absolute atomic E-state index is 0.0653. The predicted molar refractivity (Wildman–Crippen MR) is 71.3 cm³/mol. The normalized spacial score (nSPS) is 16.5. The van der Waals surface area contributed by atoms with E-state index in [0.29, 0.717) is 12.1 Å². The number of imidazole rings is 1.